The van der Waals surface area contributed by atoms with Crippen LogP contribution in [0.5, 0.6) is 5.75 Å². The summed E-state index contributed by atoms with van der Waals surface area (Å²) in [7, 11) is 1.68. The SMILES string of the molecule is Brc1cccc2c1CN=C2I.COc1ccc(Cn2nc(I)c3cccc(Br)c32)cc1. The second kappa shape index (κ2) is 10.3. The number of aromatic nitrogens is 2. The molecule has 8 heteroatoms. The molecule has 158 valence electrons. The number of hydrogen-bond acceptors (Lipinski definition) is 3. The number of fused-ring (bicyclic) bond motifs is 2. The Morgan fingerprint density at radius 3 is 2.39 bits per heavy atom. The molecule has 0 aliphatic carbocycles. The largest absolute Gasteiger partial charge is 0.497 e. The van der Waals surface area contributed by atoms with E-state index in [-0.39, 0.29) is 0 Å². The first kappa shape index (κ1) is 23.2. The highest BCUT2D eigenvalue weighted by Gasteiger charge is 2.14. The Bertz CT molecular complexity index is 1270. The Kier molecular flexibility index (Phi) is 7.71. The van der Waals surface area contributed by atoms with E-state index in [1.165, 1.54) is 26.5 Å². The van der Waals surface area contributed by atoms with Crippen molar-refractivity contribution in [2.75, 3.05) is 7.11 Å². The van der Waals surface area contributed by atoms with E-state index in [1.54, 1.807) is 7.11 Å². The minimum atomic E-state index is 0.742. The number of para-hydroxylation sites is 1. The zero-order chi connectivity index (χ0) is 22.0. The summed E-state index contributed by atoms with van der Waals surface area (Å²) in [5, 5.41) is 5.81. The minimum Gasteiger partial charge on any atom is -0.497 e. The fourth-order valence-electron chi connectivity index (χ4n) is 3.32. The molecule has 4 aromatic rings. The third-order valence-corrected chi connectivity index (χ3v) is 7.99. The number of hydrogen-bond donors (Lipinski definition) is 0. The normalized spacial score (nSPS) is 12.2. The van der Waals surface area contributed by atoms with Gasteiger partial charge >= 0.3 is 0 Å². The van der Waals surface area contributed by atoms with Crippen LogP contribution in [0.25, 0.3) is 10.9 Å². The summed E-state index contributed by atoms with van der Waals surface area (Å²) in [6.07, 6.45) is 0. The summed E-state index contributed by atoms with van der Waals surface area (Å²) in [5.41, 5.74) is 4.92. The molecule has 3 aromatic carbocycles. The Balaban J connectivity index is 0.000000177. The molecule has 0 saturated heterocycles. The summed E-state index contributed by atoms with van der Waals surface area (Å²) in [6.45, 7) is 1.57. The molecule has 0 radical (unpaired) electrons. The van der Waals surface area contributed by atoms with Gasteiger partial charge in [0.2, 0.25) is 0 Å². The van der Waals surface area contributed by atoms with Crippen LogP contribution in [-0.2, 0) is 13.1 Å². The highest BCUT2D eigenvalue weighted by Crippen LogP contribution is 2.29. The third kappa shape index (κ3) is 5.17. The lowest BCUT2D eigenvalue weighted by Gasteiger charge is -2.06. The molecule has 0 bridgehead atoms. The van der Waals surface area contributed by atoms with Crippen molar-refractivity contribution in [2.45, 2.75) is 13.1 Å². The fourth-order valence-corrected chi connectivity index (χ4v) is 5.75. The van der Waals surface area contributed by atoms with Crippen molar-refractivity contribution in [3.05, 3.63) is 90.0 Å². The first-order valence-corrected chi connectivity index (χ1v) is 13.1. The van der Waals surface area contributed by atoms with Crippen LogP contribution in [0.2, 0.25) is 0 Å². The molecule has 4 nitrogen and oxygen atoms in total. The van der Waals surface area contributed by atoms with Gasteiger partial charge in [-0.25, -0.2) is 0 Å². The summed E-state index contributed by atoms with van der Waals surface area (Å²) in [6, 6.07) is 20.5. The van der Waals surface area contributed by atoms with Crippen LogP contribution in [0.15, 0.2) is 74.6 Å². The lowest BCUT2D eigenvalue weighted by molar-refractivity contribution is 0.414. The molecule has 1 aliphatic rings. The van der Waals surface area contributed by atoms with E-state index in [4.69, 9.17) is 4.74 Å². The molecule has 0 spiro atoms. The van der Waals surface area contributed by atoms with Crippen LogP contribution in [0.1, 0.15) is 16.7 Å². The molecule has 0 saturated carbocycles. The second-order valence-corrected chi connectivity index (χ2v) is 10.6. The zero-order valence-corrected chi connectivity index (χ0v) is 23.9. The van der Waals surface area contributed by atoms with Crippen molar-refractivity contribution in [1.29, 1.82) is 0 Å². The standard InChI is InChI=1S/C15H12BrIN2O.C8H5BrIN/c1-20-11-7-5-10(6-8-11)9-19-14-12(15(17)18-19)3-2-4-13(14)16;9-7-3-1-2-5-6(7)4-11-8(5)10/h2-8H,9H2,1H3;1-3H,4H2. The summed E-state index contributed by atoms with van der Waals surface area (Å²) >= 11 is 11.7. The van der Waals surface area contributed by atoms with Crippen LogP contribution < -0.4 is 4.74 Å². The van der Waals surface area contributed by atoms with Crippen molar-refractivity contribution in [3.63, 3.8) is 0 Å². The fraction of sp³-hybridized carbons (Fsp3) is 0.130. The van der Waals surface area contributed by atoms with Crippen molar-refractivity contribution in [2.24, 2.45) is 4.99 Å². The van der Waals surface area contributed by atoms with Crippen molar-refractivity contribution in [3.8, 4) is 5.75 Å². The molecule has 5 rings (SSSR count). The quantitative estimate of drug-likeness (QED) is 0.202. The van der Waals surface area contributed by atoms with E-state index < -0.39 is 0 Å². The Hall–Kier alpha value is -0.980. The summed E-state index contributed by atoms with van der Waals surface area (Å²) in [5.74, 6) is 0.870. The van der Waals surface area contributed by atoms with Crippen LogP contribution in [0, 0.1) is 3.70 Å². The minimum absolute atomic E-state index is 0.742. The molecular formula is C23H17Br2I2N3O. The van der Waals surface area contributed by atoms with Gasteiger partial charge in [-0.05, 0) is 96.5 Å². The lowest BCUT2D eigenvalue weighted by Crippen LogP contribution is -2.02. The number of methoxy groups -OCH3 is 1. The maximum Gasteiger partial charge on any atom is 0.131 e. The van der Waals surface area contributed by atoms with Crippen molar-refractivity contribution in [1.82, 2.24) is 9.78 Å². The van der Waals surface area contributed by atoms with Gasteiger partial charge in [0.1, 0.15) is 13.2 Å². The molecule has 1 aromatic heterocycles. The lowest BCUT2D eigenvalue weighted by atomic mass is 10.1. The molecule has 0 atom stereocenters. The van der Waals surface area contributed by atoms with Gasteiger partial charge in [-0.1, -0.05) is 52.3 Å². The predicted molar refractivity (Wildman–Crippen MR) is 151 cm³/mol. The van der Waals surface area contributed by atoms with Crippen LogP contribution in [0.3, 0.4) is 0 Å². The number of rotatable bonds is 3. The van der Waals surface area contributed by atoms with Gasteiger partial charge in [0.15, 0.2) is 0 Å². The van der Waals surface area contributed by atoms with E-state index in [0.29, 0.717) is 0 Å². The van der Waals surface area contributed by atoms with E-state index in [2.05, 4.69) is 117 Å². The van der Waals surface area contributed by atoms with E-state index in [9.17, 15) is 0 Å². The highest BCUT2D eigenvalue weighted by atomic mass is 127. The van der Waals surface area contributed by atoms with Gasteiger partial charge in [0.05, 0.1) is 25.7 Å². The topological polar surface area (TPSA) is 39.4 Å². The first-order chi connectivity index (χ1) is 15.0. The molecule has 0 amide bonds. The van der Waals surface area contributed by atoms with Crippen LogP contribution >= 0.6 is 77.0 Å². The van der Waals surface area contributed by atoms with E-state index >= 15 is 0 Å². The maximum atomic E-state index is 5.18. The number of ether oxygens (including phenoxy) is 1. The third-order valence-electron chi connectivity index (χ3n) is 4.88. The average Bonchev–Trinajstić information content (AvgIpc) is 3.31. The van der Waals surface area contributed by atoms with Crippen molar-refractivity contribution >= 4 is 91.7 Å². The monoisotopic (exact) mass is 763 g/mol. The molecular weight excluding hydrogens is 748 g/mol. The summed E-state index contributed by atoms with van der Waals surface area (Å²) < 4.78 is 11.6. The Labute approximate surface area is 225 Å². The average molecular weight is 765 g/mol. The number of benzene rings is 3. The summed E-state index contributed by atoms with van der Waals surface area (Å²) in [4.78, 5) is 4.34. The predicted octanol–water partition coefficient (Wildman–Crippen LogP) is 7.60. The Morgan fingerprint density at radius 2 is 1.68 bits per heavy atom. The first-order valence-electron chi connectivity index (χ1n) is 9.39. The smallest absolute Gasteiger partial charge is 0.131 e. The molecule has 0 N–H and O–H groups in total. The Morgan fingerprint density at radius 1 is 0.968 bits per heavy atom. The number of aliphatic imine (C=N–C) groups is 1. The molecule has 1 aliphatic heterocycles. The second-order valence-electron chi connectivity index (χ2n) is 6.81. The van der Waals surface area contributed by atoms with Gasteiger partial charge in [0, 0.05) is 19.9 Å². The highest BCUT2D eigenvalue weighted by molar-refractivity contribution is 14.1. The van der Waals surface area contributed by atoms with Crippen LogP contribution in [0.4, 0.5) is 0 Å². The molecule has 0 unspecified atom stereocenters. The molecule has 2 heterocycles. The zero-order valence-electron chi connectivity index (χ0n) is 16.4. The number of halogens is 4. The van der Waals surface area contributed by atoms with Gasteiger partial charge < -0.3 is 4.74 Å². The maximum absolute atomic E-state index is 5.18. The number of nitrogens with zero attached hydrogens (tertiary/aromatic N) is 3. The van der Waals surface area contributed by atoms with Crippen LogP contribution in [-0.4, -0.2) is 20.6 Å². The van der Waals surface area contributed by atoms with Gasteiger partial charge in [-0.3, -0.25) is 9.67 Å². The molecule has 0 fully saturated rings. The van der Waals surface area contributed by atoms with Gasteiger partial charge in [0.25, 0.3) is 0 Å². The van der Waals surface area contributed by atoms with Gasteiger partial charge in [-0.2, -0.15) is 5.10 Å². The van der Waals surface area contributed by atoms with Gasteiger partial charge in [-0.15, -0.1) is 0 Å². The van der Waals surface area contributed by atoms with E-state index in [1.807, 2.05) is 35.0 Å². The molecule has 31 heavy (non-hydrogen) atoms. The van der Waals surface area contributed by atoms with E-state index in [0.717, 1.165) is 36.2 Å². The van der Waals surface area contributed by atoms with Crippen molar-refractivity contribution < 1.29 is 4.74 Å².